The fourth-order valence-electron chi connectivity index (χ4n) is 3.38. The summed E-state index contributed by atoms with van der Waals surface area (Å²) in [4.78, 5) is 26.7. The molecule has 1 aliphatic carbocycles. The van der Waals surface area contributed by atoms with E-state index >= 15 is 0 Å². The van der Waals surface area contributed by atoms with Crippen molar-refractivity contribution in [2.75, 3.05) is 13.1 Å². The molecule has 0 unspecified atom stereocenters. The van der Waals surface area contributed by atoms with Gasteiger partial charge in [-0.05, 0) is 18.1 Å². The number of likely N-dealkylation sites (tertiary alicyclic amines) is 1. The van der Waals surface area contributed by atoms with E-state index in [2.05, 4.69) is 37.6 Å². The van der Waals surface area contributed by atoms with Gasteiger partial charge in [-0.2, -0.15) is 4.98 Å². The molecule has 1 N–H and O–H groups in total. The Morgan fingerprint density at radius 2 is 1.85 bits per heavy atom. The number of urea groups is 1. The van der Waals surface area contributed by atoms with Crippen LogP contribution in [0.4, 0.5) is 4.79 Å². The second-order valence-corrected chi connectivity index (χ2v) is 6.94. The summed E-state index contributed by atoms with van der Waals surface area (Å²) in [5, 5.41) is 7.04. The Bertz CT molecular complexity index is 939. The molecule has 27 heavy (non-hydrogen) atoms. The molecule has 3 aromatic rings. The predicted molar refractivity (Wildman–Crippen MR) is 95.8 cm³/mol. The van der Waals surface area contributed by atoms with Gasteiger partial charge in [0.1, 0.15) is 0 Å². The van der Waals surface area contributed by atoms with Gasteiger partial charge in [-0.15, -0.1) is 0 Å². The number of carbonyl (C=O) groups is 1. The topological polar surface area (TPSA) is 97.0 Å². The van der Waals surface area contributed by atoms with Crippen molar-refractivity contribution in [2.45, 2.75) is 24.3 Å². The highest BCUT2D eigenvalue weighted by Gasteiger charge is 2.42. The van der Waals surface area contributed by atoms with E-state index in [9.17, 15) is 4.79 Å². The van der Waals surface area contributed by atoms with Gasteiger partial charge in [0.2, 0.25) is 17.5 Å². The highest BCUT2D eigenvalue weighted by atomic mass is 16.5. The number of hydrogen-bond donors (Lipinski definition) is 1. The number of hydrogen-bond acceptors (Lipinski definition) is 6. The summed E-state index contributed by atoms with van der Waals surface area (Å²) in [7, 11) is 0. The smallest absolute Gasteiger partial charge is 0.317 e. The third kappa shape index (κ3) is 3.14. The maximum absolute atomic E-state index is 12.4. The molecule has 2 aromatic heterocycles. The molecule has 1 saturated carbocycles. The van der Waals surface area contributed by atoms with Gasteiger partial charge in [0.15, 0.2) is 0 Å². The molecular weight excluding hydrogens is 344 g/mol. The summed E-state index contributed by atoms with van der Waals surface area (Å²) in [6, 6.07) is 12.2. The lowest BCUT2D eigenvalue weighted by Crippen LogP contribution is -2.53. The van der Waals surface area contributed by atoms with E-state index in [0.717, 1.165) is 6.42 Å². The fraction of sp³-hybridized carbons (Fsp3) is 0.316. The van der Waals surface area contributed by atoms with Gasteiger partial charge in [-0.1, -0.05) is 35.5 Å². The average Bonchev–Trinajstić information content (AvgIpc) is 3.26. The molecule has 0 spiro atoms. The Kier molecular flexibility index (Phi) is 3.81. The molecule has 2 fully saturated rings. The maximum atomic E-state index is 12.4. The molecule has 0 bridgehead atoms. The number of aromatic nitrogens is 4. The molecule has 8 heteroatoms. The highest BCUT2D eigenvalue weighted by Crippen LogP contribution is 2.41. The summed E-state index contributed by atoms with van der Waals surface area (Å²) in [5.41, 5.74) is 1.28. The molecule has 3 heterocycles. The minimum Gasteiger partial charge on any atom is -0.338 e. The number of amides is 2. The minimum atomic E-state index is -0.0270. The van der Waals surface area contributed by atoms with Gasteiger partial charge >= 0.3 is 6.03 Å². The van der Waals surface area contributed by atoms with Crippen LogP contribution < -0.4 is 5.32 Å². The number of nitrogens with one attached hydrogen (secondary N) is 1. The van der Waals surface area contributed by atoms with Crippen LogP contribution in [-0.4, -0.2) is 50.2 Å². The van der Waals surface area contributed by atoms with Crippen LogP contribution in [0.2, 0.25) is 0 Å². The Morgan fingerprint density at radius 3 is 2.63 bits per heavy atom. The van der Waals surface area contributed by atoms with Crippen LogP contribution in [0.3, 0.4) is 0 Å². The lowest BCUT2D eigenvalue weighted by atomic mass is 10.0. The summed E-state index contributed by atoms with van der Waals surface area (Å²) in [5.74, 6) is 1.82. The molecule has 8 nitrogen and oxygen atoms in total. The molecule has 2 amide bonds. The van der Waals surface area contributed by atoms with E-state index in [4.69, 9.17) is 4.52 Å². The number of carbonyl (C=O) groups excluding carboxylic acids is 1. The minimum absolute atomic E-state index is 0.0270. The Morgan fingerprint density at radius 1 is 1.07 bits per heavy atom. The van der Waals surface area contributed by atoms with Gasteiger partial charge in [0, 0.05) is 37.4 Å². The van der Waals surface area contributed by atoms with Gasteiger partial charge in [-0.25, -0.2) is 14.8 Å². The van der Waals surface area contributed by atoms with E-state index < -0.39 is 0 Å². The molecule has 2 atom stereocenters. The highest BCUT2D eigenvalue weighted by molar-refractivity contribution is 5.76. The summed E-state index contributed by atoms with van der Waals surface area (Å²) >= 11 is 0. The first kappa shape index (κ1) is 15.9. The van der Waals surface area contributed by atoms with Crippen molar-refractivity contribution in [3.8, 4) is 11.6 Å². The van der Waals surface area contributed by atoms with Crippen molar-refractivity contribution in [3.63, 3.8) is 0 Å². The van der Waals surface area contributed by atoms with Gasteiger partial charge in [0.25, 0.3) is 0 Å². The van der Waals surface area contributed by atoms with Crippen molar-refractivity contribution >= 4 is 6.03 Å². The number of nitrogens with zero attached hydrogens (tertiary/aromatic N) is 5. The van der Waals surface area contributed by atoms with E-state index in [0.29, 0.717) is 36.5 Å². The third-order valence-electron chi connectivity index (χ3n) is 5.05. The zero-order chi connectivity index (χ0) is 18.2. The molecule has 1 aliphatic heterocycles. The first-order chi connectivity index (χ1) is 13.3. The van der Waals surface area contributed by atoms with Crippen LogP contribution >= 0.6 is 0 Å². The van der Waals surface area contributed by atoms with Gasteiger partial charge < -0.3 is 14.7 Å². The summed E-state index contributed by atoms with van der Waals surface area (Å²) in [6.45, 7) is 1.15. The Balaban J connectivity index is 1.14. The van der Waals surface area contributed by atoms with E-state index in [1.54, 1.807) is 23.4 Å². The third-order valence-corrected chi connectivity index (χ3v) is 5.05. The monoisotopic (exact) mass is 362 g/mol. The van der Waals surface area contributed by atoms with Crippen LogP contribution in [0.15, 0.2) is 53.3 Å². The molecular formula is C19H18N6O2. The van der Waals surface area contributed by atoms with Gasteiger partial charge in [-0.3, -0.25) is 0 Å². The second kappa shape index (κ2) is 6.46. The Labute approximate surface area is 155 Å². The zero-order valence-electron chi connectivity index (χ0n) is 14.5. The van der Waals surface area contributed by atoms with E-state index in [1.165, 1.54) is 5.56 Å². The number of benzene rings is 1. The molecule has 5 rings (SSSR count). The van der Waals surface area contributed by atoms with E-state index in [-0.39, 0.29) is 18.0 Å². The predicted octanol–water partition coefficient (Wildman–Crippen LogP) is 2.19. The van der Waals surface area contributed by atoms with Crippen molar-refractivity contribution in [3.05, 3.63) is 60.2 Å². The first-order valence-corrected chi connectivity index (χ1v) is 8.99. The van der Waals surface area contributed by atoms with Crippen LogP contribution in [-0.2, 0) is 0 Å². The quantitative estimate of drug-likeness (QED) is 0.764. The molecule has 0 radical (unpaired) electrons. The van der Waals surface area contributed by atoms with Crippen LogP contribution in [0.1, 0.15) is 29.7 Å². The van der Waals surface area contributed by atoms with Crippen molar-refractivity contribution < 1.29 is 9.32 Å². The zero-order valence-corrected chi connectivity index (χ0v) is 14.5. The van der Waals surface area contributed by atoms with Crippen molar-refractivity contribution in [1.82, 2.24) is 30.3 Å². The lowest BCUT2D eigenvalue weighted by molar-refractivity contribution is 0.136. The Hall–Kier alpha value is -3.29. The maximum Gasteiger partial charge on any atom is 0.317 e. The second-order valence-electron chi connectivity index (χ2n) is 6.94. The van der Waals surface area contributed by atoms with Gasteiger partial charge in [0.05, 0.1) is 5.92 Å². The normalized spacial score (nSPS) is 21.6. The molecule has 2 aliphatic rings. The first-order valence-electron chi connectivity index (χ1n) is 8.99. The average molecular weight is 362 g/mol. The molecule has 1 aromatic carbocycles. The standard InChI is InChI=1S/C19H18N6O2/c26-19(22-15-9-14(15)12-5-2-1-3-6-12)25-10-13(11-25)18-23-17(24-27-18)16-20-7-4-8-21-16/h1-8,13-15H,9-11H2,(H,22,26)/t14-,15-/m1/s1. The molecule has 1 saturated heterocycles. The van der Waals surface area contributed by atoms with Crippen LogP contribution in [0.25, 0.3) is 11.6 Å². The lowest BCUT2D eigenvalue weighted by Gasteiger charge is -2.37. The summed E-state index contributed by atoms with van der Waals surface area (Å²) in [6.07, 6.45) is 4.26. The van der Waals surface area contributed by atoms with Crippen molar-refractivity contribution in [1.29, 1.82) is 0 Å². The van der Waals surface area contributed by atoms with Crippen LogP contribution in [0, 0.1) is 0 Å². The fourth-order valence-corrected chi connectivity index (χ4v) is 3.38. The SMILES string of the molecule is O=C(N[C@@H]1C[C@@H]1c1ccccc1)N1CC(c2nc(-c3ncccn3)no2)C1. The van der Waals surface area contributed by atoms with Crippen molar-refractivity contribution in [2.24, 2.45) is 0 Å². The van der Waals surface area contributed by atoms with Crippen LogP contribution in [0.5, 0.6) is 0 Å². The largest absolute Gasteiger partial charge is 0.338 e. The number of rotatable bonds is 4. The molecule has 136 valence electrons. The van der Waals surface area contributed by atoms with E-state index in [1.807, 2.05) is 18.2 Å². The summed E-state index contributed by atoms with van der Waals surface area (Å²) < 4.78 is 5.32.